The average Bonchev–Trinajstić information content (AvgIpc) is 3.14. The molecule has 1 saturated carbocycles. The van der Waals surface area contributed by atoms with Gasteiger partial charge in [-0.15, -0.1) is 11.3 Å². The van der Waals surface area contributed by atoms with E-state index in [2.05, 4.69) is 4.98 Å². The highest BCUT2D eigenvalue weighted by Crippen LogP contribution is 2.39. The van der Waals surface area contributed by atoms with Gasteiger partial charge >= 0.3 is 5.97 Å². The lowest BCUT2D eigenvalue weighted by Gasteiger charge is -2.33. The summed E-state index contributed by atoms with van der Waals surface area (Å²) in [6.07, 6.45) is 6.73. The van der Waals surface area contributed by atoms with Crippen LogP contribution in [0.3, 0.4) is 0 Å². The van der Waals surface area contributed by atoms with E-state index in [1.807, 2.05) is 10.3 Å². The van der Waals surface area contributed by atoms with E-state index in [0.29, 0.717) is 17.5 Å². The third-order valence-corrected chi connectivity index (χ3v) is 5.75. The molecule has 1 aromatic rings. The van der Waals surface area contributed by atoms with Crippen LogP contribution in [-0.4, -0.2) is 52.5 Å². The van der Waals surface area contributed by atoms with Gasteiger partial charge < -0.3 is 5.11 Å². The summed E-state index contributed by atoms with van der Waals surface area (Å²) < 4.78 is 0. The molecule has 1 amide bonds. The highest BCUT2D eigenvalue weighted by Gasteiger charge is 2.46. The van der Waals surface area contributed by atoms with Crippen molar-refractivity contribution in [2.75, 3.05) is 18.5 Å². The molecule has 2 aliphatic rings. The maximum atomic E-state index is 12.5. The van der Waals surface area contributed by atoms with Gasteiger partial charge in [0, 0.05) is 24.7 Å². The number of hydrogen-bond acceptors (Lipinski definition) is 5. The quantitative estimate of drug-likeness (QED) is 0.915. The second-order valence-electron chi connectivity index (χ2n) is 6.14. The van der Waals surface area contributed by atoms with E-state index in [0.717, 1.165) is 19.3 Å². The van der Waals surface area contributed by atoms with E-state index >= 15 is 0 Å². The SMILES string of the molecule is CN(C(=O)CN1C(C(=O)O)CC2CCCCC21)c1nccs1. The number of hydrogen-bond donors (Lipinski definition) is 1. The number of fused-ring (bicyclic) bond motifs is 1. The third kappa shape index (κ3) is 2.87. The van der Waals surface area contributed by atoms with Crippen molar-refractivity contribution in [2.24, 2.45) is 5.92 Å². The second-order valence-corrected chi connectivity index (χ2v) is 7.01. The van der Waals surface area contributed by atoms with Gasteiger partial charge in [-0.2, -0.15) is 0 Å². The number of carboxylic acid groups (broad SMARTS) is 1. The summed E-state index contributed by atoms with van der Waals surface area (Å²) >= 11 is 1.41. The predicted molar refractivity (Wildman–Crippen MR) is 84.0 cm³/mol. The molecule has 1 aliphatic carbocycles. The molecular weight excluding hydrogens is 302 g/mol. The van der Waals surface area contributed by atoms with Crippen LogP contribution in [-0.2, 0) is 9.59 Å². The summed E-state index contributed by atoms with van der Waals surface area (Å²) in [5.41, 5.74) is 0. The van der Waals surface area contributed by atoms with Crippen LogP contribution in [0, 0.1) is 5.92 Å². The number of thiazole rings is 1. The standard InChI is InChI=1S/C15H21N3O3S/c1-17(15-16-6-7-22-15)13(19)9-18-11-5-3-2-4-10(11)8-12(18)14(20)21/h6-7,10-12H,2-5,8-9H2,1H3,(H,20,21). The topological polar surface area (TPSA) is 73.7 Å². The number of rotatable bonds is 4. The van der Waals surface area contributed by atoms with Gasteiger partial charge in [-0.3, -0.25) is 19.4 Å². The number of carbonyl (C=O) groups excluding carboxylic acids is 1. The van der Waals surface area contributed by atoms with Crippen molar-refractivity contribution in [1.82, 2.24) is 9.88 Å². The van der Waals surface area contributed by atoms with E-state index in [1.54, 1.807) is 13.2 Å². The van der Waals surface area contributed by atoms with Crippen molar-refractivity contribution in [3.63, 3.8) is 0 Å². The molecular formula is C15H21N3O3S. The Morgan fingerprint density at radius 2 is 2.23 bits per heavy atom. The first-order chi connectivity index (χ1) is 10.6. The first-order valence-corrected chi connectivity index (χ1v) is 8.60. The van der Waals surface area contributed by atoms with Crippen molar-refractivity contribution < 1.29 is 14.7 Å². The largest absolute Gasteiger partial charge is 0.480 e. The minimum atomic E-state index is -0.806. The lowest BCUT2D eigenvalue weighted by molar-refractivity contribution is -0.143. The Balaban J connectivity index is 1.73. The van der Waals surface area contributed by atoms with Crippen LogP contribution in [0.4, 0.5) is 5.13 Å². The molecule has 6 nitrogen and oxygen atoms in total. The maximum absolute atomic E-state index is 12.5. The van der Waals surface area contributed by atoms with Gasteiger partial charge in [-0.05, 0) is 25.2 Å². The molecule has 2 heterocycles. The van der Waals surface area contributed by atoms with Crippen LogP contribution in [0.15, 0.2) is 11.6 Å². The Bertz CT molecular complexity index is 548. The van der Waals surface area contributed by atoms with Gasteiger partial charge in [-0.25, -0.2) is 4.98 Å². The second kappa shape index (κ2) is 6.34. The molecule has 0 aromatic carbocycles. The number of aromatic nitrogens is 1. The summed E-state index contributed by atoms with van der Waals surface area (Å²) in [4.78, 5) is 31.6. The molecule has 3 unspecified atom stereocenters. The molecule has 0 spiro atoms. The van der Waals surface area contributed by atoms with Crippen LogP contribution >= 0.6 is 11.3 Å². The molecule has 0 radical (unpaired) electrons. The van der Waals surface area contributed by atoms with Crippen molar-refractivity contribution >= 4 is 28.3 Å². The fraction of sp³-hybridized carbons (Fsp3) is 0.667. The van der Waals surface area contributed by atoms with E-state index in [4.69, 9.17) is 0 Å². The molecule has 7 heteroatoms. The van der Waals surface area contributed by atoms with E-state index in [1.165, 1.54) is 22.7 Å². The molecule has 2 fully saturated rings. The van der Waals surface area contributed by atoms with Crippen molar-refractivity contribution in [3.05, 3.63) is 11.6 Å². The van der Waals surface area contributed by atoms with Gasteiger partial charge in [0.25, 0.3) is 0 Å². The molecule has 22 heavy (non-hydrogen) atoms. The number of likely N-dealkylation sites (N-methyl/N-ethyl adjacent to an activating group) is 1. The van der Waals surface area contributed by atoms with Gasteiger partial charge in [0.05, 0.1) is 6.54 Å². The van der Waals surface area contributed by atoms with Crippen molar-refractivity contribution in [1.29, 1.82) is 0 Å². The first-order valence-electron chi connectivity index (χ1n) is 7.72. The number of nitrogens with zero attached hydrogens (tertiary/aromatic N) is 3. The van der Waals surface area contributed by atoms with Gasteiger partial charge in [-0.1, -0.05) is 12.8 Å². The van der Waals surface area contributed by atoms with Crippen LogP contribution in [0.1, 0.15) is 32.1 Å². The van der Waals surface area contributed by atoms with Gasteiger partial charge in [0.2, 0.25) is 5.91 Å². The predicted octanol–water partition coefficient (Wildman–Crippen LogP) is 1.82. The molecule has 1 saturated heterocycles. The highest BCUT2D eigenvalue weighted by molar-refractivity contribution is 7.13. The lowest BCUT2D eigenvalue weighted by atomic mass is 9.85. The summed E-state index contributed by atoms with van der Waals surface area (Å²) in [5.74, 6) is -0.473. The Morgan fingerprint density at radius 1 is 1.45 bits per heavy atom. The molecule has 3 rings (SSSR count). The Kier molecular flexibility index (Phi) is 4.44. The van der Waals surface area contributed by atoms with Gasteiger partial charge in [0.15, 0.2) is 5.13 Å². The molecule has 120 valence electrons. The Hall–Kier alpha value is -1.47. The number of carbonyl (C=O) groups is 2. The zero-order valence-corrected chi connectivity index (χ0v) is 13.5. The van der Waals surface area contributed by atoms with E-state index in [-0.39, 0.29) is 18.5 Å². The summed E-state index contributed by atoms with van der Waals surface area (Å²) in [6.45, 7) is 0.161. The minimum Gasteiger partial charge on any atom is -0.480 e. The third-order valence-electron chi connectivity index (χ3n) is 4.90. The van der Waals surface area contributed by atoms with E-state index < -0.39 is 12.0 Å². The van der Waals surface area contributed by atoms with Gasteiger partial charge in [0.1, 0.15) is 6.04 Å². The fourth-order valence-electron chi connectivity index (χ4n) is 3.77. The average molecular weight is 323 g/mol. The normalized spacial score (nSPS) is 28.3. The number of likely N-dealkylation sites (tertiary alicyclic amines) is 1. The van der Waals surface area contributed by atoms with Crippen LogP contribution < -0.4 is 4.90 Å². The molecule has 3 atom stereocenters. The zero-order chi connectivity index (χ0) is 15.7. The van der Waals surface area contributed by atoms with Crippen LogP contribution in [0.5, 0.6) is 0 Å². The maximum Gasteiger partial charge on any atom is 0.320 e. The minimum absolute atomic E-state index is 0.0903. The van der Waals surface area contributed by atoms with Crippen molar-refractivity contribution in [2.45, 2.75) is 44.2 Å². The van der Waals surface area contributed by atoms with Crippen molar-refractivity contribution in [3.8, 4) is 0 Å². The Morgan fingerprint density at radius 3 is 2.91 bits per heavy atom. The van der Waals surface area contributed by atoms with Crippen LogP contribution in [0.2, 0.25) is 0 Å². The smallest absolute Gasteiger partial charge is 0.320 e. The summed E-state index contributed by atoms with van der Waals surface area (Å²) in [6, 6.07) is -0.287. The number of carboxylic acids is 1. The lowest BCUT2D eigenvalue weighted by Crippen LogP contribution is -2.48. The molecule has 0 bridgehead atoms. The monoisotopic (exact) mass is 323 g/mol. The van der Waals surface area contributed by atoms with E-state index in [9.17, 15) is 14.7 Å². The fourth-order valence-corrected chi connectivity index (χ4v) is 4.40. The molecule has 1 aromatic heterocycles. The highest BCUT2D eigenvalue weighted by atomic mass is 32.1. The summed E-state index contributed by atoms with van der Waals surface area (Å²) in [5, 5.41) is 12.0. The molecule has 1 N–H and O–H groups in total. The number of anilines is 1. The zero-order valence-electron chi connectivity index (χ0n) is 12.6. The summed E-state index contributed by atoms with van der Waals surface area (Å²) in [7, 11) is 1.70. The van der Waals surface area contributed by atoms with Crippen LogP contribution in [0.25, 0.3) is 0 Å². The first kappa shape index (κ1) is 15.4. The Labute approximate surface area is 133 Å². The molecule has 1 aliphatic heterocycles. The number of aliphatic carboxylic acids is 1. The number of amides is 1.